The van der Waals surface area contributed by atoms with Gasteiger partial charge in [0.1, 0.15) is 0 Å². The molecule has 0 bridgehead atoms. The molecule has 0 radical (unpaired) electrons. The van der Waals surface area contributed by atoms with Crippen LogP contribution in [-0.2, 0) is 0 Å². The van der Waals surface area contributed by atoms with Crippen LogP contribution < -0.4 is 10.2 Å². The van der Waals surface area contributed by atoms with Gasteiger partial charge in [0.25, 0.3) is 5.69 Å². The van der Waals surface area contributed by atoms with Crippen molar-refractivity contribution in [3.05, 3.63) is 33.9 Å². The smallest absolute Gasteiger partial charge is 0.272 e. The Labute approximate surface area is 120 Å². The van der Waals surface area contributed by atoms with E-state index in [2.05, 4.69) is 17.1 Å². The van der Waals surface area contributed by atoms with Crippen LogP contribution in [0.15, 0.2) is 18.2 Å². The number of nitrogens with one attached hydrogen (secondary N) is 1. The maximum Gasteiger partial charge on any atom is 0.272 e. The fourth-order valence-electron chi connectivity index (χ4n) is 2.82. The minimum atomic E-state index is -0.318. The van der Waals surface area contributed by atoms with Gasteiger partial charge in [0, 0.05) is 36.4 Å². The number of nitro benzene ring substituents is 1. The molecule has 1 fully saturated rings. The quantitative estimate of drug-likeness (QED) is 0.641. The molecule has 1 aliphatic rings. The van der Waals surface area contributed by atoms with Crippen LogP contribution in [0, 0.1) is 17.0 Å². The number of nitrogens with zero attached hydrogens (tertiary/aromatic N) is 2. The number of aryl methyl sites for hydroxylation is 1. The van der Waals surface area contributed by atoms with Gasteiger partial charge in [-0.1, -0.05) is 6.92 Å². The SMILES string of the molecule is CCCN(CC1CCCN1)c1ccc([N+](=O)[O-])c(C)c1. The monoisotopic (exact) mass is 277 g/mol. The van der Waals surface area contributed by atoms with Crippen LogP contribution in [-0.4, -0.2) is 30.6 Å². The molecule has 5 heteroatoms. The Morgan fingerprint density at radius 1 is 1.50 bits per heavy atom. The van der Waals surface area contributed by atoms with Crippen LogP contribution in [0.2, 0.25) is 0 Å². The second-order valence-corrected chi connectivity index (χ2v) is 5.47. The molecule has 0 spiro atoms. The van der Waals surface area contributed by atoms with Crippen molar-refractivity contribution in [2.24, 2.45) is 0 Å². The molecule has 1 heterocycles. The van der Waals surface area contributed by atoms with Crippen molar-refractivity contribution in [3.8, 4) is 0 Å². The fourth-order valence-corrected chi connectivity index (χ4v) is 2.82. The van der Waals surface area contributed by atoms with Gasteiger partial charge in [0.05, 0.1) is 4.92 Å². The Morgan fingerprint density at radius 2 is 2.30 bits per heavy atom. The summed E-state index contributed by atoms with van der Waals surface area (Å²) < 4.78 is 0. The molecule has 1 unspecified atom stereocenters. The Morgan fingerprint density at radius 3 is 2.85 bits per heavy atom. The van der Waals surface area contributed by atoms with Crippen LogP contribution >= 0.6 is 0 Å². The van der Waals surface area contributed by atoms with Crippen molar-refractivity contribution in [2.45, 2.75) is 39.2 Å². The highest BCUT2D eigenvalue weighted by Crippen LogP contribution is 2.25. The molecular formula is C15H23N3O2. The first-order valence-electron chi connectivity index (χ1n) is 7.35. The zero-order valence-electron chi connectivity index (χ0n) is 12.3. The molecule has 0 aromatic heterocycles. The summed E-state index contributed by atoms with van der Waals surface area (Å²) in [7, 11) is 0. The van der Waals surface area contributed by atoms with Crippen LogP contribution in [0.3, 0.4) is 0 Å². The summed E-state index contributed by atoms with van der Waals surface area (Å²) in [5.41, 5.74) is 2.01. The van der Waals surface area contributed by atoms with Gasteiger partial charge in [-0.05, 0) is 44.9 Å². The molecule has 0 aliphatic carbocycles. The minimum absolute atomic E-state index is 0.198. The molecule has 0 saturated carbocycles. The third kappa shape index (κ3) is 3.48. The Kier molecular flexibility index (Phi) is 4.95. The van der Waals surface area contributed by atoms with E-state index in [0.717, 1.165) is 37.3 Å². The average molecular weight is 277 g/mol. The van der Waals surface area contributed by atoms with Gasteiger partial charge >= 0.3 is 0 Å². The third-order valence-corrected chi connectivity index (χ3v) is 3.84. The van der Waals surface area contributed by atoms with E-state index in [4.69, 9.17) is 0 Å². The molecule has 20 heavy (non-hydrogen) atoms. The Balaban J connectivity index is 2.15. The average Bonchev–Trinajstić information content (AvgIpc) is 2.90. The van der Waals surface area contributed by atoms with Crippen molar-refractivity contribution >= 4 is 11.4 Å². The van der Waals surface area contributed by atoms with Crippen molar-refractivity contribution in [1.82, 2.24) is 5.32 Å². The Hall–Kier alpha value is -1.62. The highest BCUT2D eigenvalue weighted by Gasteiger charge is 2.19. The first-order chi connectivity index (χ1) is 9.61. The summed E-state index contributed by atoms with van der Waals surface area (Å²) in [6.07, 6.45) is 3.53. The summed E-state index contributed by atoms with van der Waals surface area (Å²) in [6.45, 7) is 7.03. The molecule has 1 saturated heterocycles. The van der Waals surface area contributed by atoms with Crippen LogP contribution in [0.4, 0.5) is 11.4 Å². The second kappa shape index (κ2) is 6.70. The van der Waals surface area contributed by atoms with Gasteiger partial charge in [-0.25, -0.2) is 0 Å². The molecule has 1 atom stereocenters. The lowest BCUT2D eigenvalue weighted by atomic mass is 10.1. The van der Waals surface area contributed by atoms with Gasteiger partial charge in [-0.3, -0.25) is 10.1 Å². The molecular weight excluding hydrogens is 254 g/mol. The number of hydrogen-bond acceptors (Lipinski definition) is 4. The molecule has 1 aliphatic heterocycles. The first kappa shape index (κ1) is 14.8. The van der Waals surface area contributed by atoms with E-state index < -0.39 is 0 Å². The predicted octanol–water partition coefficient (Wildman–Crippen LogP) is 2.87. The first-order valence-corrected chi connectivity index (χ1v) is 7.35. The van der Waals surface area contributed by atoms with E-state index in [9.17, 15) is 10.1 Å². The van der Waals surface area contributed by atoms with E-state index in [0.29, 0.717) is 6.04 Å². The van der Waals surface area contributed by atoms with Gasteiger partial charge < -0.3 is 10.2 Å². The number of anilines is 1. The van der Waals surface area contributed by atoms with Crippen LogP contribution in [0.25, 0.3) is 0 Å². The molecule has 1 N–H and O–H groups in total. The van der Waals surface area contributed by atoms with E-state index in [1.54, 1.807) is 13.0 Å². The van der Waals surface area contributed by atoms with Crippen molar-refractivity contribution in [1.29, 1.82) is 0 Å². The predicted molar refractivity (Wildman–Crippen MR) is 81.4 cm³/mol. The molecule has 1 aromatic carbocycles. The van der Waals surface area contributed by atoms with E-state index in [1.165, 1.54) is 12.8 Å². The zero-order valence-corrected chi connectivity index (χ0v) is 12.3. The lowest BCUT2D eigenvalue weighted by molar-refractivity contribution is -0.385. The van der Waals surface area contributed by atoms with E-state index in [-0.39, 0.29) is 10.6 Å². The highest BCUT2D eigenvalue weighted by molar-refractivity contribution is 5.55. The number of rotatable bonds is 6. The van der Waals surface area contributed by atoms with E-state index >= 15 is 0 Å². The Bertz CT molecular complexity index is 470. The summed E-state index contributed by atoms with van der Waals surface area (Å²) in [5, 5.41) is 14.4. The van der Waals surface area contributed by atoms with Gasteiger partial charge in [0.2, 0.25) is 0 Å². The zero-order chi connectivity index (χ0) is 14.5. The largest absolute Gasteiger partial charge is 0.370 e. The van der Waals surface area contributed by atoms with Gasteiger partial charge in [0.15, 0.2) is 0 Å². The second-order valence-electron chi connectivity index (χ2n) is 5.47. The standard InChI is InChI=1S/C15H23N3O2/c1-3-9-17(11-13-5-4-8-16-13)14-6-7-15(18(19)20)12(2)10-14/h6-7,10,13,16H,3-5,8-9,11H2,1-2H3. The van der Waals surface area contributed by atoms with Crippen molar-refractivity contribution in [3.63, 3.8) is 0 Å². The fraction of sp³-hybridized carbons (Fsp3) is 0.600. The summed E-state index contributed by atoms with van der Waals surface area (Å²) in [6, 6.07) is 5.96. The molecule has 1 aromatic rings. The molecule has 0 amide bonds. The van der Waals surface area contributed by atoms with Crippen LogP contribution in [0.5, 0.6) is 0 Å². The van der Waals surface area contributed by atoms with Gasteiger partial charge in [-0.2, -0.15) is 0 Å². The topological polar surface area (TPSA) is 58.4 Å². The minimum Gasteiger partial charge on any atom is -0.370 e. The number of benzene rings is 1. The maximum absolute atomic E-state index is 10.9. The molecule has 110 valence electrons. The normalized spacial score (nSPS) is 18.2. The van der Waals surface area contributed by atoms with Crippen molar-refractivity contribution in [2.75, 3.05) is 24.5 Å². The van der Waals surface area contributed by atoms with Crippen LogP contribution in [0.1, 0.15) is 31.7 Å². The summed E-state index contributed by atoms with van der Waals surface area (Å²) >= 11 is 0. The molecule has 2 rings (SSSR count). The third-order valence-electron chi connectivity index (χ3n) is 3.84. The summed E-state index contributed by atoms with van der Waals surface area (Å²) in [4.78, 5) is 12.9. The van der Waals surface area contributed by atoms with E-state index in [1.807, 2.05) is 12.1 Å². The number of hydrogen-bond donors (Lipinski definition) is 1. The maximum atomic E-state index is 10.9. The lowest BCUT2D eigenvalue weighted by Crippen LogP contribution is -2.38. The lowest BCUT2D eigenvalue weighted by Gasteiger charge is -2.27. The number of nitro groups is 1. The summed E-state index contributed by atoms with van der Waals surface area (Å²) in [5.74, 6) is 0. The molecule has 5 nitrogen and oxygen atoms in total. The van der Waals surface area contributed by atoms with Gasteiger partial charge in [-0.15, -0.1) is 0 Å². The highest BCUT2D eigenvalue weighted by atomic mass is 16.6. The van der Waals surface area contributed by atoms with Crippen molar-refractivity contribution < 1.29 is 4.92 Å².